The lowest BCUT2D eigenvalue weighted by Crippen LogP contribution is -2.20. The van der Waals surface area contributed by atoms with Gasteiger partial charge < -0.3 is 19.7 Å². The maximum Gasteiger partial charge on any atom is 0.157 e. The molecule has 0 unspecified atom stereocenters. The van der Waals surface area contributed by atoms with E-state index in [1.807, 2.05) is 6.92 Å². The van der Waals surface area contributed by atoms with E-state index in [0.29, 0.717) is 0 Å². The number of aliphatic hydroxyl groups excluding tert-OH is 2. The van der Waals surface area contributed by atoms with Crippen LogP contribution < -0.4 is 0 Å². The Kier molecular flexibility index (Phi) is 8.81. The fourth-order valence-electron chi connectivity index (χ4n) is 0.819. The molecule has 0 aromatic carbocycles. The first kappa shape index (κ1) is 11.8. The van der Waals surface area contributed by atoms with Gasteiger partial charge in [0.2, 0.25) is 0 Å². The van der Waals surface area contributed by atoms with Gasteiger partial charge in [0.1, 0.15) is 0 Å². The van der Waals surface area contributed by atoms with Gasteiger partial charge in [0.05, 0.1) is 26.4 Å². The standard InChI is InChI=1S/C8H18O4/c1-2-3-8(11-6-4-9)12-7-5-10/h8-10H,2-7H2,1H3. The SMILES string of the molecule is CCCC(OCCO)OCCO. The average Bonchev–Trinajstić information content (AvgIpc) is 2.10. The quantitative estimate of drug-likeness (QED) is 0.519. The van der Waals surface area contributed by atoms with Crippen LogP contribution in [0, 0.1) is 0 Å². The highest BCUT2D eigenvalue weighted by Crippen LogP contribution is 2.03. The Balaban J connectivity index is 3.40. The maximum atomic E-state index is 8.48. The van der Waals surface area contributed by atoms with Gasteiger partial charge in [-0.1, -0.05) is 13.3 Å². The molecule has 4 nitrogen and oxygen atoms in total. The molecular weight excluding hydrogens is 160 g/mol. The lowest BCUT2D eigenvalue weighted by molar-refractivity contribution is -0.155. The summed E-state index contributed by atoms with van der Waals surface area (Å²) in [5, 5.41) is 17.0. The third kappa shape index (κ3) is 6.54. The van der Waals surface area contributed by atoms with Crippen molar-refractivity contribution < 1.29 is 19.7 Å². The molecule has 0 fully saturated rings. The van der Waals surface area contributed by atoms with Crippen LogP contribution in [-0.2, 0) is 9.47 Å². The van der Waals surface area contributed by atoms with Gasteiger partial charge in [-0.05, 0) is 6.42 Å². The Morgan fingerprint density at radius 1 is 1.08 bits per heavy atom. The van der Waals surface area contributed by atoms with Crippen LogP contribution in [0.1, 0.15) is 19.8 Å². The van der Waals surface area contributed by atoms with Gasteiger partial charge in [-0.2, -0.15) is 0 Å². The molecule has 0 rings (SSSR count). The Bertz CT molecular complexity index is 79.1. The van der Waals surface area contributed by atoms with E-state index < -0.39 is 0 Å². The van der Waals surface area contributed by atoms with Gasteiger partial charge in [-0.25, -0.2) is 0 Å². The molecule has 0 radical (unpaired) electrons. The second kappa shape index (κ2) is 8.93. The minimum atomic E-state index is -0.283. The fourth-order valence-corrected chi connectivity index (χ4v) is 0.819. The lowest BCUT2D eigenvalue weighted by atomic mass is 10.3. The molecule has 0 saturated carbocycles. The van der Waals surface area contributed by atoms with Crippen molar-refractivity contribution in [2.75, 3.05) is 26.4 Å². The van der Waals surface area contributed by atoms with Gasteiger partial charge in [0, 0.05) is 0 Å². The van der Waals surface area contributed by atoms with E-state index >= 15 is 0 Å². The van der Waals surface area contributed by atoms with Crippen molar-refractivity contribution in [2.45, 2.75) is 26.1 Å². The smallest absolute Gasteiger partial charge is 0.157 e. The van der Waals surface area contributed by atoms with Gasteiger partial charge in [0.25, 0.3) is 0 Å². The maximum absolute atomic E-state index is 8.48. The third-order valence-electron chi connectivity index (χ3n) is 1.31. The number of hydrogen-bond donors (Lipinski definition) is 2. The van der Waals surface area contributed by atoms with Crippen LogP contribution in [-0.4, -0.2) is 42.9 Å². The molecule has 0 amide bonds. The first-order chi connectivity index (χ1) is 5.85. The van der Waals surface area contributed by atoms with E-state index in [4.69, 9.17) is 19.7 Å². The Morgan fingerprint density at radius 3 is 1.92 bits per heavy atom. The topological polar surface area (TPSA) is 58.9 Å². The Morgan fingerprint density at radius 2 is 1.58 bits per heavy atom. The normalized spacial score (nSPS) is 11.0. The van der Waals surface area contributed by atoms with Gasteiger partial charge in [-0.3, -0.25) is 0 Å². The molecule has 0 aromatic rings. The zero-order chi connectivity index (χ0) is 9.23. The van der Waals surface area contributed by atoms with Crippen molar-refractivity contribution in [3.63, 3.8) is 0 Å². The molecule has 0 saturated heterocycles. The predicted molar refractivity (Wildman–Crippen MR) is 44.8 cm³/mol. The van der Waals surface area contributed by atoms with Crippen molar-refractivity contribution in [1.29, 1.82) is 0 Å². The monoisotopic (exact) mass is 178 g/mol. The van der Waals surface area contributed by atoms with Crippen molar-refractivity contribution in [3.8, 4) is 0 Å². The van der Waals surface area contributed by atoms with Gasteiger partial charge >= 0.3 is 0 Å². The minimum Gasteiger partial charge on any atom is -0.394 e. The number of hydrogen-bond acceptors (Lipinski definition) is 4. The van der Waals surface area contributed by atoms with Crippen molar-refractivity contribution in [2.24, 2.45) is 0 Å². The largest absolute Gasteiger partial charge is 0.394 e. The van der Waals surface area contributed by atoms with Crippen LogP contribution >= 0.6 is 0 Å². The molecule has 12 heavy (non-hydrogen) atoms. The summed E-state index contributed by atoms with van der Waals surface area (Å²) in [6.45, 7) is 2.61. The van der Waals surface area contributed by atoms with Gasteiger partial charge in [-0.15, -0.1) is 0 Å². The zero-order valence-electron chi connectivity index (χ0n) is 7.53. The van der Waals surface area contributed by atoms with Crippen LogP contribution in [0.5, 0.6) is 0 Å². The second-order valence-electron chi connectivity index (χ2n) is 2.41. The molecular formula is C8H18O4. The van der Waals surface area contributed by atoms with Crippen LogP contribution in [0.4, 0.5) is 0 Å². The first-order valence-corrected chi connectivity index (χ1v) is 4.30. The van der Waals surface area contributed by atoms with E-state index in [2.05, 4.69) is 0 Å². The highest BCUT2D eigenvalue weighted by atomic mass is 16.7. The molecule has 74 valence electrons. The summed E-state index contributed by atoms with van der Waals surface area (Å²) < 4.78 is 10.3. The van der Waals surface area contributed by atoms with Crippen LogP contribution in [0.3, 0.4) is 0 Å². The lowest BCUT2D eigenvalue weighted by Gasteiger charge is -2.16. The molecule has 0 heterocycles. The highest BCUT2D eigenvalue weighted by molar-refractivity contribution is 4.43. The van der Waals surface area contributed by atoms with E-state index in [1.54, 1.807) is 0 Å². The van der Waals surface area contributed by atoms with Crippen LogP contribution in [0.2, 0.25) is 0 Å². The molecule has 4 heteroatoms. The minimum absolute atomic E-state index is 0.00268. The molecule has 0 spiro atoms. The second-order valence-corrected chi connectivity index (χ2v) is 2.41. The summed E-state index contributed by atoms with van der Waals surface area (Å²) in [5.41, 5.74) is 0. The summed E-state index contributed by atoms with van der Waals surface area (Å²) in [7, 11) is 0. The fraction of sp³-hybridized carbons (Fsp3) is 1.00. The molecule has 0 aromatic heterocycles. The summed E-state index contributed by atoms with van der Waals surface area (Å²) >= 11 is 0. The van der Waals surface area contributed by atoms with Crippen LogP contribution in [0.25, 0.3) is 0 Å². The third-order valence-corrected chi connectivity index (χ3v) is 1.31. The van der Waals surface area contributed by atoms with E-state index in [-0.39, 0.29) is 32.7 Å². The van der Waals surface area contributed by atoms with E-state index in [1.165, 1.54) is 0 Å². The van der Waals surface area contributed by atoms with E-state index in [0.717, 1.165) is 12.8 Å². The summed E-state index contributed by atoms with van der Waals surface area (Å²) in [4.78, 5) is 0. The van der Waals surface area contributed by atoms with Crippen LogP contribution in [0.15, 0.2) is 0 Å². The zero-order valence-corrected chi connectivity index (χ0v) is 7.53. The molecule has 2 N–H and O–H groups in total. The average molecular weight is 178 g/mol. The molecule has 0 aliphatic heterocycles. The molecule has 0 aliphatic rings. The summed E-state index contributed by atoms with van der Waals surface area (Å²) in [6, 6.07) is 0. The predicted octanol–water partition coefficient (Wildman–Crippen LogP) is 0.130. The summed E-state index contributed by atoms with van der Waals surface area (Å²) in [5.74, 6) is 0. The van der Waals surface area contributed by atoms with Crippen molar-refractivity contribution >= 4 is 0 Å². The molecule has 0 bridgehead atoms. The number of aliphatic hydroxyl groups is 2. The number of rotatable bonds is 8. The molecule has 0 atom stereocenters. The van der Waals surface area contributed by atoms with Gasteiger partial charge in [0.15, 0.2) is 6.29 Å². The van der Waals surface area contributed by atoms with E-state index in [9.17, 15) is 0 Å². The summed E-state index contributed by atoms with van der Waals surface area (Å²) in [6.07, 6.45) is 1.47. The van der Waals surface area contributed by atoms with Crippen molar-refractivity contribution in [1.82, 2.24) is 0 Å². The molecule has 0 aliphatic carbocycles. The highest BCUT2D eigenvalue weighted by Gasteiger charge is 2.06. The first-order valence-electron chi connectivity index (χ1n) is 4.30. The number of ether oxygens (including phenoxy) is 2. The Labute approximate surface area is 73.1 Å². The van der Waals surface area contributed by atoms with Crippen molar-refractivity contribution in [3.05, 3.63) is 0 Å². The Hall–Kier alpha value is -0.160.